The molecule has 0 fully saturated rings. The van der Waals surface area contributed by atoms with Crippen molar-refractivity contribution >= 4 is 28.3 Å². The first kappa shape index (κ1) is 17.9. The fourth-order valence-corrected chi connectivity index (χ4v) is 4.49. The number of ketones is 1. The standard InChI is InChI=1S/C18H21N5O3S/c1-20-11-19-16-15(20)17(25)23(18(26)21(16)2)7-3-13(24)10-22-6-4-14-12(9-22)5-8-27-14/h5,8,11H,3-4,6-7,9-10H2,1-2H3. The first-order valence-corrected chi connectivity index (χ1v) is 9.74. The van der Waals surface area contributed by atoms with Crippen LogP contribution in [0.15, 0.2) is 27.4 Å². The van der Waals surface area contributed by atoms with Crippen molar-refractivity contribution in [3.8, 4) is 0 Å². The zero-order valence-corrected chi connectivity index (χ0v) is 16.2. The predicted molar refractivity (Wildman–Crippen MR) is 103 cm³/mol. The SMILES string of the molecule is Cn1cnc2c1c(=O)n(CCC(=O)CN1CCc3sccc3C1)c(=O)n2C. The molecule has 27 heavy (non-hydrogen) atoms. The first-order chi connectivity index (χ1) is 13.0. The van der Waals surface area contributed by atoms with Crippen LogP contribution < -0.4 is 11.2 Å². The van der Waals surface area contributed by atoms with Gasteiger partial charge in [0.25, 0.3) is 5.56 Å². The van der Waals surface area contributed by atoms with E-state index in [-0.39, 0.29) is 18.7 Å². The van der Waals surface area contributed by atoms with Crippen LogP contribution in [0.5, 0.6) is 0 Å². The van der Waals surface area contributed by atoms with Crippen LogP contribution in [-0.4, -0.2) is 42.5 Å². The molecule has 0 saturated carbocycles. The second-order valence-corrected chi connectivity index (χ2v) is 7.95. The van der Waals surface area contributed by atoms with E-state index < -0.39 is 11.2 Å². The second-order valence-electron chi connectivity index (χ2n) is 6.94. The van der Waals surface area contributed by atoms with Gasteiger partial charge in [-0.2, -0.15) is 0 Å². The summed E-state index contributed by atoms with van der Waals surface area (Å²) < 4.78 is 4.08. The van der Waals surface area contributed by atoms with E-state index >= 15 is 0 Å². The molecule has 142 valence electrons. The third-order valence-electron chi connectivity index (χ3n) is 5.10. The number of nitrogens with zero attached hydrogens (tertiary/aromatic N) is 5. The van der Waals surface area contributed by atoms with Crippen molar-refractivity contribution in [1.82, 2.24) is 23.6 Å². The lowest BCUT2D eigenvalue weighted by Gasteiger charge is -2.26. The summed E-state index contributed by atoms with van der Waals surface area (Å²) in [5, 5.41) is 2.09. The van der Waals surface area contributed by atoms with Crippen molar-refractivity contribution in [1.29, 1.82) is 0 Å². The van der Waals surface area contributed by atoms with Gasteiger partial charge in [0.05, 0.1) is 12.9 Å². The Bertz CT molecular complexity index is 1140. The van der Waals surface area contributed by atoms with Crippen LogP contribution in [-0.2, 0) is 38.4 Å². The highest BCUT2D eigenvalue weighted by Crippen LogP contribution is 2.23. The highest BCUT2D eigenvalue weighted by Gasteiger charge is 2.20. The van der Waals surface area contributed by atoms with Crippen LogP contribution in [0.3, 0.4) is 0 Å². The first-order valence-electron chi connectivity index (χ1n) is 8.86. The number of thiophene rings is 1. The number of hydrogen-bond donors (Lipinski definition) is 0. The number of aryl methyl sites for hydroxylation is 2. The molecule has 1 aliphatic heterocycles. The number of aromatic nitrogens is 4. The number of Topliss-reactive ketones (excluding diaryl/α,β-unsaturated/α-hetero) is 1. The Morgan fingerprint density at radius 3 is 2.93 bits per heavy atom. The Balaban J connectivity index is 1.47. The number of fused-ring (bicyclic) bond motifs is 2. The van der Waals surface area contributed by atoms with E-state index in [4.69, 9.17) is 0 Å². The Morgan fingerprint density at radius 1 is 1.30 bits per heavy atom. The number of rotatable bonds is 5. The lowest BCUT2D eigenvalue weighted by atomic mass is 10.1. The molecule has 0 aliphatic carbocycles. The number of carbonyl (C=O) groups excluding carboxylic acids is 1. The fraction of sp³-hybridized carbons (Fsp3) is 0.444. The Labute approximate surface area is 159 Å². The van der Waals surface area contributed by atoms with Gasteiger partial charge in [-0.3, -0.25) is 23.6 Å². The Kier molecular flexibility index (Phi) is 4.56. The topological polar surface area (TPSA) is 82.1 Å². The summed E-state index contributed by atoms with van der Waals surface area (Å²) in [5.74, 6) is 0.0349. The van der Waals surface area contributed by atoms with Crippen molar-refractivity contribution in [2.45, 2.75) is 25.9 Å². The average Bonchev–Trinajstić information content (AvgIpc) is 3.26. The van der Waals surface area contributed by atoms with Crippen LogP contribution in [0.4, 0.5) is 0 Å². The summed E-state index contributed by atoms with van der Waals surface area (Å²) in [6.45, 7) is 2.08. The van der Waals surface area contributed by atoms with E-state index in [2.05, 4.69) is 21.3 Å². The monoisotopic (exact) mass is 387 g/mol. The summed E-state index contributed by atoms with van der Waals surface area (Å²) in [5.41, 5.74) is 1.17. The number of hydrogen-bond acceptors (Lipinski definition) is 6. The summed E-state index contributed by atoms with van der Waals surface area (Å²) in [6, 6.07) is 2.11. The highest BCUT2D eigenvalue weighted by atomic mass is 32.1. The largest absolute Gasteiger partial charge is 0.332 e. The predicted octanol–water partition coefficient (Wildman–Crippen LogP) is 0.513. The quantitative estimate of drug-likeness (QED) is 0.637. The van der Waals surface area contributed by atoms with Gasteiger partial charge in [-0.05, 0) is 23.4 Å². The molecular formula is C18H21N5O3S. The highest BCUT2D eigenvalue weighted by molar-refractivity contribution is 7.10. The van der Waals surface area contributed by atoms with Crippen molar-refractivity contribution < 1.29 is 4.79 Å². The van der Waals surface area contributed by atoms with Crippen LogP contribution in [0.1, 0.15) is 16.9 Å². The molecule has 0 saturated heterocycles. The van der Waals surface area contributed by atoms with Gasteiger partial charge in [0, 0.05) is 45.0 Å². The molecule has 9 heteroatoms. The Hall–Kier alpha value is -2.52. The van der Waals surface area contributed by atoms with E-state index in [1.165, 1.54) is 21.3 Å². The molecule has 0 radical (unpaired) electrons. The molecule has 4 heterocycles. The summed E-state index contributed by atoms with van der Waals surface area (Å²) in [4.78, 5) is 45.2. The summed E-state index contributed by atoms with van der Waals surface area (Å²) >= 11 is 1.77. The van der Waals surface area contributed by atoms with Crippen LogP contribution in [0.25, 0.3) is 11.2 Å². The molecule has 0 aromatic carbocycles. The van der Waals surface area contributed by atoms with Gasteiger partial charge in [-0.25, -0.2) is 9.78 Å². The minimum absolute atomic E-state index is 0.0349. The van der Waals surface area contributed by atoms with Crippen LogP contribution in [0.2, 0.25) is 0 Å². The number of carbonyl (C=O) groups is 1. The van der Waals surface area contributed by atoms with Crippen molar-refractivity contribution in [3.63, 3.8) is 0 Å². The van der Waals surface area contributed by atoms with Gasteiger partial charge < -0.3 is 4.57 Å². The molecule has 0 amide bonds. The molecule has 0 atom stereocenters. The normalized spacial score (nSPS) is 14.6. The molecule has 0 N–H and O–H groups in total. The maximum atomic E-state index is 12.7. The lowest BCUT2D eigenvalue weighted by molar-refractivity contribution is -0.120. The minimum Gasteiger partial charge on any atom is -0.328 e. The van der Waals surface area contributed by atoms with E-state index in [1.54, 1.807) is 30.0 Å². The third-order valence-corrected chi connectivity index (χ3v) is 6.12. The maximum Gasteiger partial charge on any atom is 0.332 e. The molecule has 4 rings (SSSR count). The third kappa shape index (κ3) is 3.17. The van der Waals surface area contributed by atoms with Crippen LogP contribution in [0, 0.1) is 0 Å². The molecule has 0 unspecified atom stereocenters. The van der Waals surface area contributed by atoms with Crippen molar-refractivity contribution in [3.05, 3.63) is 49.1 Å². The van der Waals surface area contributed by atoms with Crippen molar-refractivity contribution in [2.24, 2.45) is 14.1 Å². The van der Waals surface area contributed by atoms with E-state index in [0.717, 1.165) is 24.1 Å². The van der Waals surface area contributed by atoms with Crippen LogP contribution >= 0.6 is 11.3 Å². The molecule has 3 aromatic rings. The van der Waals surface area contributed by atoms with Gasteiger partial charge in [-0.15, -0.1) is 11.3 Å². The van der Waals surface area contributed by atoms with E-state index in [0.29, 0.717) is 17.7 Å². The molecule has 0 spiro atoms. The second kappa shape index (κ2) is 6.90. The van der Waals surface area contributed by atoms with Gasteiger partial charge in [0.1, 0.15) is 5.78 Å². The summed E-state index contributed by atoms with van der Waals surface area (Å²) in [6.07, 6.45) is 2.64. The molecule has 0 bridgehead atoms. The molecular weight excluding hydrogens is 366 g/mol. The van der Waals surface area contributed by atoms with Gasteiger partial charge in [-0.1, -0.05) is 0 Å². The van der Waals surface area contributed by atoms with E-state index in [1.807, 2.05) is 0 Å². The Morgan fingerprint density at radius 2 is 2.11 bits per heavy atom. The lowest BCUT2D eigenvalue weighted by Crippen LogP contribution is -2.40. The maximum absolute atomic E-state index is 12.7. The minimum atomic E-state index is -0.445. The molecule has 3 aromatic heterocycles. The molecule has 8 nitrogen and oxygen atoms in total. The van der Waals surface area contributed by atoms with Gasteiger partial charge in [0.15, 0.2) is 11.2 Å². The van der Waals surface area contributed by atoms with E-state index in [9.17, 15) is 14.4 Å². The molecule has 1 aliphatic rings. The van der Waals surface area contributed by atoms with Gasteiger partial charge >= 0.3 is 5.69 Å². The average molecular weight is 387 g/mol. The zero-order valence-electron chi connectivity index (χ0n) is 15.3. The zero-order chi connectivity index (χ0) is 19.1. The van der Waals surface area contributed by atoms with Gasteiger partial charge in [0.2, 0.25) is 0 Å². The fourth-order valence-electron chi connectivity index (χ4n) is 3.60. The summed E-state index contributed by atoms with van der Waals surface area (Å²) in [7, 11) is 3.30. The smallest absolute Gasteiger partial charge is 0.328 e. The van der Waals surface area contributed by atoms with Crippen molar-refractivity contribution in [2.75, 3.05) is 13.1 Å². The number of imidazole rings is 1.